The summed E-state index contributed by atoms with van der Waals surface area (Å²) in [6.45, 7) is 12.1. The lowest BCUT2D eigenvalue weighted by atomic mass is 9.39. The highest BCUT2D eigenvalue weighted by atomic mass is 16.3. The molecule has 4 saturated carbocycles. The zero-order valence-electron chi connectivity index (χ0n) is 20.3. The normalized spacial score (nSPS) is 49.2. The van der Waals surface area contributed by atoms with E-state index in [2.05, 4.69) is 25.8 Å². The molecule has 0 amide bonds. The Kier molecular flexibility index (Phi) is 4.84. The van der Waals surface area contributed by atoms with Crippen LogP contribution in [0, 0.1) is 46.8 Å². The third kappa shape index (κ3) is 3.18. The fourth-order valence-corrected chi connectivity index (χ4v) is 9.49. The molecule has 1 heterocycles. The molecule has 0 spiro atoms. The van der Waals surface area contributed by atoms with Crippen molar-refractivity contribution in [2.24, 2.45) is 39.9 Å². The second-order valence-corrected chi connectivity index (χ2v) is 12.9. The molecule has 172 valence electrons. The quantitative estimate of drug-likeness (QED) is 0.688. The van der Waals surface area contributed by atoms with Gasteiger partial charge >= 0.3 is 0 Å². The van der Waals surface area contributed by atoms with Crippen molar-refractivity contribution in [1.82, 2.24) is 9.55 Å². The topological polar surface area (TPSA) is 55.1 Å². The minimum Gasteiger partial charge on any atom is -0.390 e. The summed E-state index contributed by atoms with van der Waals surface area (Å²) in [7, 11) is 0. The molecule has 1 aromatic rings. The fourth-order valence-electron chi connectivity index (χ4n) is 9.49. The SMILES string of the molecule is Cc1cn(CC(=O)[C@H]2CC[C@H]3[C@]4(C)CC[C@H]5C[C@](C)(O)CC[C@]5(C)[C@H]4CC[C@@]32C)cn1. The van der Waals surface area contributed by atoms with Gasteiger partial charge in [0, 0.05) is 12.1 Å². The lowest BCUT2D eigenvalue weighted by molar-refractivity contribution is -0.186. The number of hydrogen-bond donors (Lipinski definition) is 1. The maximum Gasteiger partial charge on any atom is 0.156 e. The van der Waals surface area contributed by atoms with Gasteiger partial charge in [-0.3, -0.25) is 4.79 Å². The van der Waals surface area contributed by atoms with E-state index < -0.39 is 5.60 Å². The summed E-state index contributed by atoms with van der Waals surface area (Å²) in [5, 5.41) is 10.8. The first-order valence-corrected chi connectivity index (χ1v) is 12.7. The number of ketones is 1. The number of Topliss-reactive ketones (excluding diaryl/α,β-unsaturated/α-hetero) is 1. The lowest BCUT2D eigenvalue weighted by Gasteiger charge is -2.66. The lowest BCUT2D eigenvalue weighted by Crippen LogP contribution is -2.60. The summed E-state index contributed by atoms with van der Waals surface area (Å²) in [6, 6.07) is 0. The minimum atomic E-state index is -0.475. The molecule has 5 rings (SSSR count). The highest BCUT2D eigenvalue weighted by Crippen LogP contribution is 2.72. The van der Waals surface area contributed by atoms with Crippen molar-refractivity contribution < 1.29 is 9.90 Å². The molecular formula is C27H42N2O2. The van der Waals surface area contributed by atoms with Crippen LogP contribution in [0.1, 0.15) is 91.2 Å². The van der Waals surface area contributed by atoms with E-state index in [1.807, 2.05) is 24.6 Å². The third-order valence-corrected chi connectivity index (χ3v) is 11.0. The number of aromatic nitrogens is 2. The largest absolute Gasteiger partial charge is 0.390 e. The van der Waals surface area contributed by atoms with Gasteiger partial charge in [0.1, 0.15) is 0 Å². The number of nitrogens with zero attached hydrogens (tertiary/aromatic N) is 2. The Balaban J connectivity index is 1.39. The van der Waals surface area contributed by atoms with Gasteiger partial charge in [0.15, 0.2) is 5.78 Å². The zero-order chi connectivity index (χ0) is 22.2. The van der Waals surface area contributed by atoms with Crippen LogP contribution in [0.3, 0.4) is 0 Å². The van der Waals surface area contributed by atoms with Gasteiger partial charge in [-0.1, -0.05) is 20.8 Å². The maximum absolute atomic E-state index is 13.4. The first kappa shape index (κ1) is 21.7. The summed E-state index contributed by atoms with van der Waals surface area (Å²) in [5.41, 5.74) is 1.33. The van der Waals surface area contributed by atoms with Crippen LogP contribution >= 0.6 is 0 Å². The number of rotatable bonds is 3. The summed E-state index contributed by atoms with van der Waals surface area (Å²) in [4.78, 5) is 17.7. The fraction of sp³-hybridized carbons (Fsp3) is 0.852. The monoisotopic (exact) mass is 426 g/mol. The van der Waals surface area contributed by atoms with E-state index in [0.717, 1.165) is 37.3 Å². The average molecular weight is 427 g/mol. The van der Waals surface area contributed by atoms with Crippen molar-refractivity contribution in [2.45, 2.75) is 105 Å². The summed E-state index contributed by atoms with van der Waals surface area (Å²) in [5.74, 6) is 2.64. The summed E-state index contributed by atoms with van der Waals surface area (Å²) >= 11 is 0. The van der Waals surface area contributed by atoms with Crippen LogP contribution in [-0.4, -0.2) is 26.0 Å². The predicted octanol–water partition coefficient (Wildman–Crippen LogP) is 5.56. The van der Waals surface area contributed by atoms with Gasteiger partial charge in [-0.25, -0.2) is 4.98 Å². The van der Waals surface area contributed by atoms with Crippen LogP contribution in [-0.2, 0) is 11.3 Å². The van der Waals surface area contributed by atoms with Crippen molar-refractivity contribution in [1.29, 1.82) is 0 Å². The molecule has 1 aromatic heterocycles. The van der Waals surface area contributed by atoms with Gasteiger partial charge in [-0.15, -0.1) is 0 Å². The molecule has 0 radical (unpaired) electrons. The molecule has 0 saturated heterocycles. The molecule has 1 N–H and O–H groups in total. The van der Waals surface area contributed by atoms with Gasteiger partial charge in [0.25, 0.3) is 0 Å². The van der Waals surface area contributed by atoms with Gasteiger partial charge in [0.05, 0.1) is 24.2 Å². The third-order valence-electron chi connectivity index (χ3n) is 11.0. The molecule has 0 aliphatic heterocycles. The van der Waals surface area contributed by atoms with Crippen molar-refractivity contribution in [2.75, 3.05) is 0 Å². The minimum absolute atomic E-state index is 0.140. The first-order valence-electron chi connectivity index (χ1n) is 12.7. The summed E-state index contributed by atoms with van der Waals surface area (Å²) < 4.78 is 1.97. The van der Waals surface area contributed by atoms with Gasteiger partial charge < -0.3 is 9.67 Å². The molecule has 4 nitrogen and oxygen atoms in total. The number of imidazole rings is 1. The molecule has 8 atom stereocenters. The molecule has 4 fully saturated rings. The Hall–Kier alpha value is -1.16. The Bertz CT molecular complexity index is 874. The first-order chi connectivity index (χ1) is 14.5. The second kappa shape index (κ2) is 6.92. The highest BCUT2D eigenvalue weighted by molar-refractivity contribution is 5.82. The summed E-state index contributed by atoms with van der Waals surface area (Å²) in [6.07, 6.45) is 14.1. The van der Waals surface area contributed by atoms with E-state index in [9.17, 15) is 9.90 Å². The number of aliphatic hydroxyl groups is 1. The van der Waals surface area contributed by atoms with Crippen LogP contribution in [0.5, 0.6) is 0 Å². The Morgan fingerprint density at radius 3 is 2.42 bits per heavy atom. The van der Waals surface area contributed by atoms with Gasteiger partial charge in [-0.05, 0) is 106 Å². The van der Waals surface area contributed by atoms with Crippen LogP contribution in [0.25, 0.3) is 0 Å². The van der Waals surface area contributed by atoms with Crippen molar-refractivity contribution in [3.8, 4) is 0 Å². The maximum atomic E-state index is 13.4. The van der Waals surface area contributed by atoms with E-state index in [1.54, 1.807) is 6.33 Å². The molecule has 0 bridgehead atoms. The molecule has 4 aliphatic carbocycles. The molecule has 0 aromatic carbocycles. The van der Waals surface area contributed by atoms with E-state index in [4.69, 9.17) is 0 Å². The van der Waals surface area contributed by atoms with E-state index in [-0.39, 0.29) is 11.3 Å². The molecule has 4 aliphatic rings. The number of carbonyl (C=O) groups excluding carboxylic acids is 1. The van der Waals surface area contributed by atoms with E-state index in [1.165, 1.54) is 32.1 Å². The van der Waals surface area contributed by atoms with Gasteiger partial charge in [-0.2, -0.15) is 0 Å². The van der Waals surface area contributed by atoms with Crippen molar-refractivity contribution >= 4 is 5.78 Å². The van der Waals surface area contributed by atoms with Crippen LogP contribution in [0.2, 0.25) is 0 Å². The highest BCUT2D eigenvalue weighted by Gasteiger charge is 2.66. The van der Waals surface area contributed by atoms with Crippen LogP contribution in [0.15, 0.2) is 12.5 Å². The van der Waals surface area contributed by atoms with Gasteiger partial charge in [0.2, 0.25) is 0 Å². The second-order valence-electron chi connectivity index (χ2n) is 12.9. The standard InChI is InChI=1S/C27H42N2O2/c1-18-15-29(17-28-18)16-21(30)20-6-7-22-26(20,4)11-9-23-25(3)13-12-24(2,31)14-19(25)8-10-27(22,23)5/h15,17,19-20,22-23,31H,6-14,16H2,1-5H3/t19-,20+,22+,23+,24+,25-,26+,27-/m0/s1. The van der Waals surface area contributed by atoms with Crippen molar-refractivity contribution in [3.05, 3.63) is 18.2 Å². The Labute approximate surface area is 188 Å². The van der Waals surface area contributed by atoms with Crippen LogP contribution in [0.4, 0.5) is 0 Å². The molecular weight excluding hydrogens is 384 g/mol. The Morgan fingerprint density at radius 2 is 1.71 bits per heavy atom. The Morgan fingerprint density at radius 1 is 1.00 bits per heavy atom. The zero-order valence-corrected chi connectivity index (χ0v) is 20.3. The molecule has 0 unspecified atom stereocenters. The average Bonchev–Trinajstić information content (AvgIpc) is 3.25. The number of hydrogen-bond acceptors (Lipinski definition) is 3. The molecule has 31 heavy (non-hydrogen) atoms. The number of carbonyl (C=O) groups is 1. The predicted molar refractivity (Wildman–Crippen MR) is 122 cm³/mol. The molecule has 4 heteroatoms. The number of fused-ring (bicyclic) bond motifs is 5. The van der Waals surface area contributed by atoms with E-state index >= 15 is 0 Å². The smallest absolute Gasteiger partial charge is 0.156 e. The van der Waals surface area contributed by atoms with Crippen molar-refractivity contribution in [3.63, 3.8) is 0 Å². The van der Waals surface area contributed by atoms with E-state index in [0.29, 0.717) is 35.0 Å². The number of aryl methyl sites for hydroxylation is 1. The van der Waals surface area contributed by atoms with Crippen LogP contribution < -0.4 is 0 Å².